The van der Waals surface area contributed by atoms with Crippen molar-refractivity contribution in [1.29, 1.82) is 5.26 Å². The Balaban J connectivity index is 2.23. The van der Waals surface area contributed by atoms with Crippen molar-refractivity contribution in [3.8, 4) is 11.8 Å². The van der Waals surface area contributed by atoms with Gasteiger partial charge in [0, 0.05) is 5.56 Å². The van der Waals surface area contributed by atoms with Crippen LogP contribution in [0.3, 0.4) is 0 Å². The van der Waals surface area contributed by atoms with Crippen LogP contribution >= 0.6 is 11.6 Å². The van der Waals surface area contributed by atoms with E-state index in [0.29, 0.717) is 6.07 Å². The summed E-state index contributed by atoms with van der Waals surface area (Å²) in [5, 5.41) is 8.74. The minimum atomic E-state index is -4.54. The molecule has 0 aliphatic carbocycles. The fourth-order valence-electron chi connectivity index (χ4n) is 1.79. The Morgan fingerprint density at radius 1 is 1.17 bits per heavy atom. The molecule has 0 amide bonds. The van der Waals surface area contributed by atoms with E-state index in [9.17, 15) is 18.0 Å². The highest BCUT2D eigenvalue weighted by Gasteiger charge is 2.31. The van der Waals surface area contributed by atoms with Gasteiger partial charge in [-0.25, -0.2) is 0 Å². The van der Waals surface area contributed by atoms with Crippen LogP contribution in [0.5, 0.6) is 5.75 Å². The lowest BCUT2D eigenvalue weighted by Crippen LogP contribution is -2.25. The molecule has 7 heteroatoms. The van der Waals surface area contributed by atoms with Crippen LogP contribution < -0.4 is 4.74 Å². The topological polar surface area (TPSA) is 50.1 Å². The Bertz CT molecular complexity index is 754. The minimum absolute atomic E-state index is 0.171. The summed E-state index contributed by atoms with van der Waals surface area (Å²) in [6.45, 7) is 0. The molecule has 2 aromatic rings. The summed E-state index contributed by atoms with van der Waals surface area (Å²) in [7, 11) is 0. The average molecular weight is 340 g/mol. The summed E-state index contributed by atoms with van der Waals surface area (Å²) < 4.78 is 42.9. The van der Waals surface area contributed by atoms with Gasteiger partial charge in [0.05, 0.1) is 10.6 Å². The lowest BCUT2D eigenvalue weighted by atomic mass is 10.1. The predicted octanol–water partition coefficient (Wildman–Crippen LogP) is 4.51. The van der Waals surface area contributed by atoms with Crippen molar-refractivity contribution in [2.45, 2.75) is 12.3 Å². The number of carbonyl (C=O) groups is 1. The van der Waals surface area contributed by atoms with Crippen molar-refractivity contribution in [1.82, 2.24) is 0 Å². The van der Waals surface area contributed by atoms with Gasteiger partial charge < -0.3 is 4.74 Å². The molecule has 118 valence electrons. The van der Waals surface area contributed by atoms with Gasteiger partial charge >= 0.3 is 6.18 Å². The van der Waals surface area contributed by atoms with Gasteiger partial charge in [0.2, 0.25) is 11.9 Å². The summed E-state index contributed by atoms with van der Waals surface area (Å²) in [5.41, 5.74) is -0.695. The van der Waals surface area contributed by atoms with E-state index < -0.39 is 23.6 Å². The van der Waals surface area contributed by atoms with Crippen molar-refractivity contribution >= 4 is 17.4 Å². The first kappa shape index (κ1) is 16.8. The number of benzene rings is 2. The number of halogens is 4. The monoisotopic (exact) mass is 339 g/mol. The fourth-order valence-corrected chi connectivity index (χ4v) is 2.02. The van der Waals surface area contributed by atoms with E-state index in [1.54, 1.807) is 24.3 Å². The van der Waals surface area contributed by atoms with Gasteiger partial charge in [-0.2, -0.15) is 18.4 Å². The van der Waals surface area contributed by atoms with Gasteiger partial charge in [-0.15, -0.1) is 0 Å². The van der Waals surface area contributed by atoms with Gasteiger partial charge in [-0.3, -0.25) is 4.79 Å². The molecule has 0 fully saturated rings. The molecule has 0 saturated carbocycles. The molecule has 23 heavy (non-hydrogen) atoms. The Hall–Kier alpha value is -2.52. The molecule has 0 aliphatic heterocycles. The van der Waals surface area contributed by atoms with Crippen LogP contribution in [0.15, 0.2) is 48.5 Å². The van der Waals surface area contributed by atoms with Crippen molar-refractivity contribution in [3.63, 3.8) is 0 Å². The smallest absolute Gasteiger partial charge is 0.416 e. The molecule has 0 spiro atoms. The summed E-state index contributed by atoms with van der Waals surface area (Å²) >= 11 is 5.74. The number of ketones is 1. The lowest BCUT2D eigenvalue weighted by molar-refractivity contribution is -0.137. The Morgan fingerprint density at radius 3 is 2.35 bits per heavy atom. The fraction of sp³-hybridized carbons (Fsp3) is 0.125. The van der Waals surface area contributed by atoms with Crippen molar-refractivity contribution in [2.75, 3.05) is 0 Å². The molecule has 0 N–H and O–H groups in total. The van der Waals surface area contributed by atoms with Gasteiger partial charge in [0.15, 0.2) is 0 Å². The molecule has 3 nitrogen and oxygen atoms in total. The van der Waals surface area contributed by atoms with Crippen LogP contribution in [0.2, 0.25) is 5.02 Å². The molecule has 0 radical (unpaired) electrons. The maximum absolute atomic E-state index is 12.6. The SMILES string of the molecule is N#CC(Oc1ccc(C(F)(F)F)cc1Cl)C(=O)c1ccccc1. The second kappa shape index (κ2) is 6.71. The number of nitriles is 1. The van der Waals surface area contributed by atoms with Crippen LogP contribution in [0.1, 0.15) is 15.9 Å². The zero-order chi connectivity index (χ0) is 17.0. The van der Waals surface area contributed by atoms with Gasteiger partial charge in [-0.1, -0.05) is 41.9 Å². The van der Waals surface area contributed by atoms with E-state index in [4.69, 9.17) is 21.6 Å². The van der Waals surface area contributed by atoms with Crippen LogP contribution in [0.25, 0.3) is 0 Å². The maximum atomic E-state index is 12.6. The number of ether oxygens (including phenoxy) is 1. The van der Waals surface area contributed by atoms with E-state index in [-0.39, 0.29) is 16.3 Å². The van der Waals surface area contributed by atoms with Crippen LogP contribution in [0, 0.1) is 11.3 Å². The maximum Gasteiger partial charge on any atom is 0.416 e. The quantitative estimate of drug-likeness (QED) is 0.770. The number of carbonyl (C=O) groups excluding carboxylic acids is 1. The van der Waals surface area contributed by atoms with E-state index in [0.717, 1.165) is 12.1 Å². The first-order valence-corrected chi connectivity index (χ1v) is 6.73. The van der Waals surface area contributed by atoms with E-state index >= 15 is 0 Å². The third-order valence-electron chi connectivity index (χ3n) is 2.92. The first-order valence-electron chi connectivity index (χ1n) is 6.35. The highest BCUT2D eigenvalue weighted by molar-refractivity contribution is 6.32. The minimum Gasteiger partial charge on any atom is -0.466 e. The molecular formula is C16H9ClF3NO2. The molecule has 0 aromatic heterocycles. The van der Waals surface area contributed by atoms with E-state index in [2.05, 4.69) is 0 Å². The normalized spacial score (nSPS) is 12.3. The molecule has 0 aliphatic rings. The summed E-state index contributed by atoms with van der Waals surface area (Å²) in [6.07, 6.45) is -6.05. The van der Waals surface area contributed by atoms with Crippen molar-refractivity contribution in [2.24, 2.45) is 0 Å². The van der Waals surface area contributed by atoms with Crippen LogP contribution in [-0.4, -0.2) is 11.9 Å². The first-order chi connectivity index (χ1) is 10.8. The number of hydrogen-bond acceptors (Lipinski definition) is 3. The summed E-state index contributed by atoms with van der Waals surface area (Å²) in [5.74, 6) is -0.778. The molecule has 2 rings (SSSR count). The molecule has 1 atom stereocenters. The standard InChI is InChI=1S/C16H9ClF3NO2/c17-12-8-11(16(18,19)20)6-7-13(12)23-14(9-21)15(22)10-4-2-1-3-5-10/h1-8,14H. The lowest BCUT2D eigenvalue weighted by Gasteiger charge is -2.14. The van der Waals surface area contributed by atoms with Gasteiger partial charge in [0.1, 0.15) is 11.8 Å². The number of hydrogen-bond donors (Lipinski definition) is 0. The number of Topliss-reactive ketones (excluding diaryl/α,β-unsaturated/α-hetero) is 1. The highest BCUT2D eigenvalue weighted by atomic mass is 35.5. The van der Waals surface area contributed by atoms with E-state index in [1.807, 2.05) is 0 Å². The molecule has 2 aromatic carbocycles. The molecule has 0 bridgehead atoms. The summed E-state index contributed by atoms with van der Waals surface area (Å²) in [6, 6.07) is 12.0. The third-order valence-corrected chi connectivity index (χ3v) is 3.21. The number of alkyl halides is 3. The third kappa shape index (κ3) is 4.02. The Labute approximate surface area is 134 Å². The van der Waals surface area contributed by atoms with E-state index in [1.165, 1.54) is 12.1 Å². The largest absolute Gasteiger partial charge is 0.466 e. The second-order valence-electron chi connectivity index (χ2n) is 4.50. The highest BCUT2D eigenvalue weighted by Crippen LogP contribution is 2.35. The van der Waals surface area contributed by atoms with Gasteiger partial charge in [0.25, 0.3) is 0 Å². The zero-order valence-corrected chi connectivity index (χ0v) is 12.2. The molecule has 1 unspecified atom stereocenters. The Kier molecular flexibility index (Phi) is 4.92. The van der Waals surface area contributed by atoms with Crippen LogP contribution in [-0.2, 0) is 6.18 Å². The zero-order valence-electron chi connectivity index (χ0n) is 11.5. The average Bonchev–Trinajstić information content (AvgIpc) is 2.53. The Morgan fingerprint density at radius 2 is 1.83 bits per heavy atom. The van der Waals surface area contributed by atoms with Crippen LogP contribution in [0.4, 0.5) is 13.2 Å². The second-order valence-corrected chi connectivity index (χ2v) is 4.91. The molecular weight excluding hydrogens is 331 g/mol. The number of rotatable bonds is 4. The van der Waals surface area contributed by atoms with Crippen molar-refractivity contribution in [3.05, 3.63) is 64.7 Å². The van der Waals surface area contributed by atoms with Gasteiger partial charge in [-0.05, 0) is 18.2 Å². The van der Waals surface area contributed by atoms with Crippen molar-refractivity contribution < 1.29 is 22.7 Å². The summed E-state index contributed by atoms with van der Waals surface area (Å²) in [4.78, 5) is 12.1. The predicted molar refractivity (Wildman–Crippen MR) is 77.3 cm³/mol. The molecule has 0 saturated heterocycles. The number of nitrogens with zero attached hydrogens (tertiary/aromatic N) is 1. The molecule has 0 heterocycles.